The fourth-order valence-corrected chi connectivity index (χ4v) is 4.52. The Morgan fingerprint density at radius 1 is 1.25 bits per heavy atom. The zero-order chi connectivity index (χ0) is 11.3. The molecule has 1 saturated carbocycles. The number of aryl methyl sites for hydroxylation is 2. The van der Waals surface area contributed by atoms with Crippen LogP contribution in [0.5, 0.6) is 0 Å². The molecule has 2 aliphatic rings. The average Bonchev–Trinajstić information content (AvgIpc) is 2.25. The molecule has 1 fully saturated rings. The molecule has 2 heteroatoms. The number of fused-ring (bicyclic) bond motifs is 4. The maximum atomic E-state index is 2.66. The van der Waals surface area contributed by atoms with Crippen LogP contribution in [-0.2, 0) is 25.9 Å². The van der Waals surface area contributed by atoms with E-state index in [0.717, 1.165) is 11.8 Å². The Kier molecular flexibility index (Phi) is 2.70. The second-order valence-corrected chi connectivity index (χ2v) is 6.93. The summed E-state index contributed by atoms with van der Waals surface area (Å²) in [7, 11) is 0. The van der Waals surface area contributed by atoms with Gasteiger partial charge in [-0.15, -0.1) is 0 Å². The first-order valence-electron chi connectivity index (χ1n) is 6.37. The van der Waals surface area contributed by atoms with Crippen LogP contribution in [0.1, 0.15) is 48.4 Å². The fourth-order valence-electron chi connectivity index (χ4n) is 3.68. The topological polar surface area (TPSA) is 4.93 Å². The van der Waals surface area contributed by atoms with Crippen molar-refractivity contribution in [1.29, 1.82) is 0 Å². The third-order valence-corrected chi connectivity index (χ3v) is 6.27. The van der Waals surface area contributed by atoms with Crippen LogP contribution in [-0.4, -0.2) is 4.57 Å². The van der Waals surface area contributed by atoms with Crippen molar-refractivity contribution in [1.82, 2.24) is 4.57 Å². The van der Waals surface area contributed by atoms with Crippen LogP contribution in [0, 0.1) is 23.4 Å². The van der Waals surface area contributed by atoms with E-state index in [9.17, 15) is 0 Å². The van der Waals surface area contributed by atoms with Gasteiger partial charge in [0.1, 0.15) is 0 Å². The SMILES string of the molecule is Cc1cc(C)[c](=[W])n2c1C1CCC[C@@H](C1)C2. The van der Waals surface area contributed by atoms with E-state index in [-0.39, 0.29) is 0 Å². The predicted octanol–water partition coefficient (Wildman–Crippen LogP) is 3.47. The Balaban J connectivity index is 2.23. The first-order chi connectivity index (χ1) is 7.66. The molecule has 2 atom stereocenters. The van der Waals surface area contributed by atoms with Crippen LogP contribution in [0.4, 0.5) is 0 Å². The van der Waals surface area contributed by atoms with Gasteiger partial charge in [0.05, 0.1) is 0 Å². The Hall–Kier alpha value is -0.162. The molecule has 3 rings (SSSR count). The Morgan fingerprint density at radius 2 is 2.06 bits per heavy atom. The molecular formula is C14H19NW. The van der Waals surface area contributed by atoms with Gasteiger partial charge in [0.15, 0.2) is 0 Å². The Labute approximate surface area is 108 Å². The van der Waals surface area contributed by atoms with Crippen LogP contribution in [0.25, 0.3) is 0 Å². The van der Waals surface area contributed by atoms with Gasteiger partial charge >= 0.3 is 108 Å². The van der Waals surface area contributed by atoms with Crippen molar-refractivity contribution in [2.24, 2.45) is 5.92 Å². The maximum absolute atomic E-state index is 2.66. The molecular weight excluding hydrogens is 366 g/mol. The standard InChI is InChI=1S/C14H19N.W/c1-10-6-11(2)14-13-5-3-4-12(7-13)9-15(14)8-10;/h6,12-13H,3-5,7,9H2,1-2H3;/t12-,13?;/m0./s1. The predicted molar refractivity (Wildman–Crippen MR) is 61.8 cm³/mol. The van der Waals surface area contributed by atoms with Crippen molar-refractivity contribution in [3.05, 3.63) is 26.6 Å². The summed E-state index contributed by atoms with van der Waals surface area (Å²) in [6.45, 7) is 5.88. The minimum atomic E-state index is 0.867. The minimum absolute atomic E-state index is 0.867. The van der Waals surface area contributed by atoms with Gasteiger partial charge in [0.25, 0.3) is 0 Å². The number of pyridine rings is 1. The third-order valence-electron chi connectivity index (χ3n) is 4.32. The van der Waals surface area contributed by atoms with Gasteiger partial charge in [-0.1, -0.05) is 0 Å². The zero-order valence-electron chi connectivity index (χ0n) is 10.1. The van der Waals surface area contributed by atoms with Crippen molar-refractivity contribution < 1.29 is 19.4 Å². The van der Waals surface area contributed by atoms with Crippen molar-refractivity contribution >= 4 is 0 Å². The van der Waals surface area contributed by atoms with Crippen molar-refractivity contribution in [3.63, 3.8) is 0 Å². The van der Waals surface area contributed by atoms with Crippen LogP contribution >= 0.6 is 0 Å². The van der Waals surface area contributed by atoms with Gasteiger partial charge in [-0.2, -0.15) is 0 Å². The van der Waals surface area contributed by atoms with Crippen molar-refractivity contribution in [3.8, 4) is 0 Å². The summed E-state index contributed by atoms with van der Waals surface area (Å²) in [4.78, 5) is 0. The molecule has 0 amide bonds. The number of hydrogen-bond acceptors (Lipinski definition) is 0. The zero-order valence-corrected chi connectivity index (χ0v) is 13.1. The number of aromatic nitrogens is 1. The number of rotatable bonds is 0. The van der Waals surface area contributed by atoms with Crippen molar-refractivity contribution in [2.45, 2.75) is 52.0 Å². The molecule has 1 aromatic heterocycles. The van der Waals surface area contributed by atoms with E-state index in [0.29, 0.717) is 0 Å². The first-order valence-corrected chi connectivity index (χ1v) is 7.84. The molecule has 0 spiro atoms. The van der Waals surface area contributed by atoms with Gasteiger partial charge in [0.2, 0.25) is 0 Å². The van der Waals surface area contributed by atoms with Crippen LogP contribution in [0.3, 0.4) is 0 Å². The van der Waals surface area contributed by atoms with E-state index in [2.05, 4.69) is 24.5 Å². The molecule has 1 aliphatic heterocycles. The quantitative estimate of drug-likeness (QED) is 0.645. The molecule has 2 heterocycles. The molecule has 1 aliphatic carbocycles. The first kappa shape index (κ1) is 11.0. The summed E-state index contributed by atoms with van der Waals surface area (Å²) in [5.74, 6) is 1.83. The van der Waals surface area contributed by atoms with E-state index in [1.165, 1.54) is 43.4 Å². The van der Waals surface area contributed by atoms with Crippen molar-refractivity contribution in [2.75, 3.05) is 0 Å². The van der Waals surface area contributed by atoms with E-state index < -0.39 is 0 Å². The summed E-state index contributed by atoms with van der Waals surface area (Å²) >= 11 is 1.63. The molecule has 0 aromatic carbocycles. The van der Waals surface area contributed by atoms with Gasteiger partial charge in [-0.3, -0.25) is 0 Å². The molecule has 1 aromatic rings. The average molecular weight is 385 g/mol. The van der Waals surface area contributed by atoms with Gasteiger partial charge in [-0.05, 0) is 0 Å². The number of nitrogens with zero attached hydrogens (tertiary/aromatic N) is 1. The summed E-state index contributed by atoms with van der Waals surface area (Å²) in [5.41, 5.74) is 4.70. The van der Waals surface area contributed by atoms with E-state index >= 15 is 0 Å². The molecule has 1 nitrogen and oxygen atoms in total. The summed E-state index contributed by atoms with van der Waals surface area (Å²) < 4.78 is 4.25. The molecule has 1 unspecified atom stereocenters. The molecule has 0 saturated heterocycles. The summed E-state index contributed by atoms with van der Waals surface area (Å²) in [5, 5.41) is 0. The molecule has 16 heavy (non-hydrogen) atoms. The van der Waals surface area contributed by atoms with E-state index in [1.54, 1.807) is 28.7 Å². The second-order valence-electron chi connectivity index (χ2n) is 5.54. The molecule has 86 valence electrons. The second kappa shape index (κ2) is 3.94. The van der Waals surface area contributed by atoms with E-state index in [1.807, 2.05) is 0 Å². The van der Waals surface area contributed by atoms with Gasteiger partial charge < -0.3 is 0 Å². The van der Waals surface area contributed by atoms with E-state index in [4.69, 9.17) is 0 Å². The van der Waals surface area contributed by atoms with Gasteiger partial charge in [-0.25, -0.2) is 0 Å². The Morgan fingerprint density at radius 3 is 2.88 bits per heavy atom. The number of hydrogen-bond donors (Lipinski definition) is 0. The third kappa shape index (κ3) is 1.59. The van der Waals surface area contributed by atoms with Crippen LogP contribution < -0.4 is 0 Å². The monoisotopic (exact) mass is 385 g/mol. The molecule has 2 bridgehead atoms. The Bertz CT molecular complexity index is 486. The summed E-state index contributed by atoms with van der Waals surface area (Å²) in [6.07, 6.45) is 5.80. The molecule has 0 radical (unpaired) electrons. The van der Waals surface area contributed by atoms with Gasteiger partial charge in [0, 0.05) is 0 Å². The van der Waals surface area contributed by atoms with Crippen LogP contribution in [0.2, 0.25) is 0 Å². The van der Waals surface area contributed by atoms with Crippen LogP contribution in [0.15, 0.2) is 6.07 Å². The molecule has 0 N–H and O–H groups in total. The summed E-state index contributed by atoms with van der Waals surface area (Å²) in [6, 6.07) is 2.41. The normalized spacial score (nSPS) is 27.6. The fraction of sp³-hybridized carbons (Fsp3) is 0.643.